The average Bonchev–Trinajstić information content (AvgIpc) is 3.25. The van der Waals surface area contributed by atoms with Gasteiger partial charge in [-0.15, -0.1) is 0 Å². The quantitative estimate of drug-likeness (QED) is 0.383. The summed E-state index contributed by atoms with van der Waals surface area (Å²) >= 11 is 0. The summed E-state index contributed by atoms with van der Waals surface area (Å²) in [6.45, 7) is 0.207. The van der Waals surface area contributed by atoms with Crippen LogP contribution in [0.25, 0.3) is 22.2 Å². The van der Waals surface area contributed by atoms with Crippen molar-refractivity contribution in [3.63, 3.8) is 0 Å². The van der Waals surface area contributed by atoms with Gasteiger partial charge < -0.3 is 14.8 Å². The van der Waals surface area contributed by atoms with Gasteiger partial charge in [0, 0.05) is 16.5 Å². The van der Waals surface area contributed by atoms with E-state index in [1.54, 1.807) is 56.7 Å². The van der Waals surface area contributed by atoms with E-state index in [1.165, 1.54) is 12.1 Å². The van der Waals surface area contributed by atoms with Gasteiger partial charge in [-0.1, -0.05) is 18.2 Å². The lowest BCUT2D eigenvalue weighted by molar-refractivity contribution is 0.0950. The second-order valence-corrected chi connectivity index (χ2v) is 8.79. The Bertz CT molecular complexity index is 1420. The maximum atomic E-state index is 12.9. The van der Waals surface area contributed by atoms with Crippen LogP contribution in [0.3, 0.4) is 0 Å². The van der Waals surface area contributed by atoms with Crippen molar-refractivity contribution in [1.29, 1.82) is 0 Å². The van der Waals surface area contributed by atoms with Crippen LogP contribution in [0.5, 0.6) is 11.5 Å². The van der Waals surface area contributed by atoms with E-state index in [9.17, 15) is 13.2 Å². The van der Waals surface area contributed by atoms with Crippen molar-refractivity contribution in [2.75, 3.05) is 14.2 Å². The fraction of sp³-hybridized carbons (Fsp3) is 0.130. The number of ether oxygens (including phenoxy) is 2. The summed E-state index contributed by atoms with van der Waals surface area (Å²) in [6.07, 6.45) is 0. The predicted molar refractivity (Wildman–Crippen MR) is 124 cm³/mol. The zero-order valence-electron chi connectivity index (χ0n) is 18.0. The molecule has 0 saturated heterocycles. The van der Waals surface area contributed by atoms with Crippen LogP contribution in [0.15, 0.2) is 65.6 Å². The fourth-order valence-corrected chi connectivity index (χ4v) is 4.13. The molecule has 0 unspecified atom stereocenters. The van der Waals surface area contributed by atoms with Crippen molar-refractivity contribution >= 4 is 26.8 Å². The molecular formula is C23H22N4O5S. The van der Waals surface area contributed by atoms with Crippen LogP contribution in [-0.2, 0) is 16.6 Å². The number of fused-ring (bicyclic) bond motifs is 1. The summed E-state index contributed by atoms with van der Waals surface area (Å²) in [5.41, 5.74) is 2.91. The Morgan fingerprint density at radius 1 is 1.03 bits per heavy atom. The molecule has 0 aliphatic heterocycles. The Morgan fingerprint density at radius 3 is 2.39 bits per heavy atom. The van der Waals surface area contributed by atoms with Gasteiger partial charge in [-0.25, -0.2) is 13.6 Å². The Kier molecular flexibility index (Phi) is 6.03. The topological polar surface area (TPSA) is 136 Å². The largest absolute Gasteiger partial charge is 0.496 e. The highest BCUT2D eigenvalue weighted by Gasteiger charge is 2.16. The van der Waals surface area contributed by atoms with Crippen molar-refractivity contribution in [2.45, 2.75) is 11.4 Å². The van der Waals surface area contributed by atoms with Gasteiger partial charge in [-0.05, 0) is 42.5 Å². The van der Waals surface area contributed by atoms with Crippen LogP contribution in [0.4, 0.5) is 0 Å². The number of rotatable bonds is 7. The van der Waals surface area contributed by atoms with Crippen molar-refractivity contribution in [1.82, 2.24) is 15.5 Å². The third kappa shape index (κ3) is 4.52. The van der Waals surface area contributed by atoms with Crippen LogP contribution in [0.1, 0.15) is 15.9 Å². The molecule has 0 atom stereocenters. The van der Waals surface area contributed by atoms with Crippen LogP contribution in [-0.4, -0.2) is 38.7 Å². The zero-order valence-corrected chi connectivity index (χ0v) is 18.8. The van der Waals surface area contributed by atoms with E-state index in [-0.39, 0.29) is 17.3 Å². The van der Waals surface area contributed by atoms with Crippen molar-refractivity contribution in [2.24, 2.45) is 5.14 Å². The maximum Gasteiger partial charge on any atom is 0.251 e. The minimum absolute atomic E-state index is 0.0178. The van der Waals surface area contributed by atoms with Crippen LogP contribution in [0, 0.1) is 0 Å². The number of primary sulfonamides is 1. The number of hydrogen-bond acceptors (Lipinski definition) is 6. The maximum absolute atomic E-state index is 12.9. The van der Waals surface area contributed by atoms with Crippen LogP contribution >= 0.6 is 0 Å². The number of nitrogens with two attached hydrogens (primary N) is 1. The zero-order chi connectivity index (χ0) is 23.6. The molecule has 9 nitrogen and oxygen atoms in total. The molecule has 1 heterocycles. The lowest BCUT2D eigenvalue weighted by Crippen LogP contribution is -2.23. The van der Waals surface area contributed by atoms with Gasteiger partial charge in [0.25, 0.3) is 5.91 Å². The molecule has 0 aliphatic rings. The molecule has 10 heteroatoms. The SMILES string of the molecule is COc1cccc(OC)c1CNC(=O)c1ccc2[nH]nc(-c3cccc(S(N)(=O)=O)c3)c2c1. The number of H-pyrrole nitrogens is 1. The summed E-state index contributed by atoms with van der Waals surface area (Å²) in [6, 6.07) is 16.7. The molecule has 0 radical (unpaired) electrons. The number of aromatic nitrogens is 2. The second-order valence-electron chi connectivity index (χ2n) is 7.23. The molecule has 4 rings (SSSR count). The van der Waals surface area contributed by atoms with Crippen LogP contribution < -0.4 is 19.9 Å². The Morgan fingerprint density at radius 2 is 1.73 bits per heavy atom. The average molecular weight is 467 g/mol. The third-order valence-electron chi connectivity index (χ3n) is 5.22. The van der Waals surface area contributed by atoms with E-state index in [2.05, 4.69) is 15.5 Å². The van der Waals surface area contributed by atoms with Crippen molar-refractivity contribution in [3.8, 4) is 22.8 Å². The van der Waals surface area contributed by atoms with Gasteiger partial charge in [-0.3, -0.25) is 9.89 Å². The molecule has 4 N–H and O–H groups in total. The number of sulfonamides is 1. The van der Waals surface area contributed by atoms with Crippen molar-refractivity contribution < 1.29 is 22.7 Å². The van der Waals surface area contributed by atoms with E-state index in [4.69, 9.17) is 14.6 Å². The van der Waals surface area contributed by atoms with Gasteiger partial charge in [0.1, 0.15) is 11.5 Å². The fourth-order valence-electron chi connectivity index (χ4n) is 3.57. The minimum Gasteiger partial charge on any atom is -0.496 e. The normalized spacial score (nSPS) is 11.4. The number of amides is 1. The number of carbonyl (C=O) groups is 1. The number of nitrogens with one attached hydrogen (secondary N) is 2. The Balaban J connectivity index is 1.64. The molecule has 0 saturated carbocycles. The van der Waals surface area contributed by atoms with E-state index in [1.807, 2.05) is 6.07 Å². The molecule has 170 valence electrons. The molecule has 4 aromatic rings. The van der Waals surface area contributed by atoms with Gasteiger partial charge in [0.15, 0.2) is 0 Å². The number of benzene rings is 3. The molecule has 0 fully saturated rings. The lowest BCUT2D eigenvalue weighted by Gasteiger charge is -2.13. The highest BCUT2D eigenvalue weighted by atomic mass is 32.2. The highest BCUT2D eigenvalue weighted by Crippen LogP contribution is 2.30. The monoisotopic (exact) mass is 466 g/mol. The summed E-state index contributed by atoms with van der Waals surface area (Å²) in [4.78, 5) is 12.9. The molecule has 0 bridgehead atoms. The third-order valence-corrected chi connectivity index (χ3v) is 6.13. The smallest absolute Gasteiger partial charge is 0.251 e. The van der Waals surface area contributed by atoms with E-state index >= 15 is 0 Å². The predicted octanol–water partition coefficient (Wildman–Crippen LogP) is 2.82. The molecule has 1 aromatic heterocycles. The number of methoxy groups -OCH3 is 2. The van der Waals surface area contributed by atoms with Gasteiger partial charge in [0.2, 0.25) is 10.0 Å². The Hall–Kier alpha value is -3.89. The first kappa shape index (κ1) is 22.3. The Labute approximate surface area is 190 Å². The van der Waals surface area contributed by atoms with E-state index in [0.717, 1.165) is 5.56 Å². The summed E-state index contributed by atoms with van der Waals surface area (Å²) in [5.74, 6) is 0.921. The molecule has 0 aliphatic carbocycles. The first-order chi connectivity index (χ1) is 15.8. The van der Waals surface area contributed by atoms with Crippen molar-refractivity contribution in [3.05, 3.63) is 71.8 Å². The number of hydrogen-bond donors (Lipinski definition) is 3. The summed E-state index contributed by atoms with van der Waals surface area (Å²) in [5, 5.41) is 16.0. The minimum atomic E-state index is -3.86. The summed E-state index contributed by atoms with van der Waals surface area (Å²) < 4.78 is 34.2. The van der Waals surface area contributed by atoms with Gasteiger partial charge in [-0.2, -0.15) is 5.10 Å². The number of carbonyl (C=O) groups excluding carboxylic acids is 1. The number of aromatic amines is 1. The standard InChI is InChI=1S/C23H22N4O5S/c1-31-20-7-4-8-21(32-2)18(20)13-25-23(28)15-9-10-19-17(12-15)22(27-26-19)14-5-3-6-16(11-14)33(24,29)30/h3-12H,13H2,1-2H3,(H,25,28)(H,26,27)(H2,24,29,30). The highest BCUT2D eigenvalue weighted by molar-refractivity contribution is 7.89. The number of nitrogens with zero attached hydrogens (tertiary/aromatic N) is 1. The molecule has 0 spiro atoms. The van der Waals surface area contributed by atoms with Gasteiger partial charge >= 0.3 is 0 Å². The lowest BCUT2D eigenvalue weighted by atomic mass is 10.1. The molecule has 33 heavy (non-hydrogen) atoms. The summed E-state index contributed by atoms with van der Waals surface area (Å²) in [7, 11) is -0.749. The first-order valence-electron chi connectivity index (χ1n) is 9.91. The van der Waals surface area contributed by atoms with Crippen LogP contribution in [0.2, 0.25) is 0 Å². The molecular weight excluding hydrogens is 444 g/mol. The second kappa shape index (κ2) is 8.93. The molecule has 3 aromatic carbocycles. The first-order valence-corrected chi connectivity index (χ1v) is 11.5. The van der Waals surface area contributed by atoms with E-state index < -0.39 is 10.0 Å². The van der Waals surface area contributed by atoms with E-state index in [0.29, 0.717) is 39.2 Å². The van der Waals surface area contributed by atoms with Gasteiger partial charge in [0.05, 0.1) is 42.4 Å². The molecule has 1 amide bonds.